The molecule has 37 heavy (non-hydrogen) atoms. The molecule has 0 spiro atoms. The van der Waals surface area contributed by atoms with Gasteiger partial charge in [-0.25, -0.2) is 17.6 Å². The van der Waals surface area contributed by atoms with Crippen LogP contribution in [0.25, 0.3) is 0 Å². The second-order valence-corrected chi connectivity index (χ2v) is 6.96. The quantitative estimate of drug-likeness (QED) is 0.282. The number of alkyl halides is 23. The summed E-state index contributed by atoms with van der Waals surface area (Å²) in [5, 5.41) is 0. The Morgan fingerprint density at radius 1 is 0.405 bits per heavy atom. The van der Waals surface area contributed by atoms with Crippen LogP contribution in [0.5, 0.6) is 0 Å². The van der Waals surface area contributed by atoms with Crippen molar-refractivity contribution in [3.05, 3.63) is 11.4 Å². The highest BCUT2D eigenvalue weighted by molar-refractivity contribution is 5.45. The Morgan fingerprint density at radius 3 is 0.919 bits per heavy atom. The molecule has 1 aliphatic rings. The van der Waals surface area contributed by atoms with E-state index in [0.29, 0.717) is 0 Å². The number of rotatable bonds is 3. The maximum atomic E-state index is 14.3. The molecule has 220 valence electrons. The molecule has 0 atom stereocenters. The predicted octanol–water partition coefficient (Wildman–Crippen LogP) is 8.34. The van der Waals surface area contributed by atoms with Crippen LogP contribution in [0.3, 0.4) is 0 Å². The first-order valence-electron chi connectivity index (χ1n) is 7.79. The average Bonchev–Trinajstić information content (AvgIpc) is 2.58. The average molecular weight is 612 g/mol. The topological polar surface area (TPSA) is 0 Å². The normalized spacial score (nSPS) is 23.4. The lowest BCUT2D eigenvalue weighted by molar-refractivity contribution is -0.471. The fourth-order valence-electron chi connectivity index (χ4n) is 3.12. The second-order valence-electron chi connectivity index (χ2n) is 6.96. The van der Waals surface area contributed by atoms with Crippen LogP contribution in [0.15, 0.2) is 11.4 Å². The third kappa shape index (κ3) is 3.43. The zero-order valence-corrected chi connectivity index (χ0v) is 15.6. The number of hydrogen-bond acceptors (Lipinski definition) is 0. The van der Waals surface area contributed by atoms with Gasteiger partial charge in [-0.1, -0.05) is 0 Å². The second kappa shape index (κ2) is 7.58. The Morgan fingerprint density at radius 2 is 0.676 bits per heavy atom. The molecule has 0 aromatic heterocycles. The van der Waals surface area contributed by atoms with Gasteiger partial charge in [-0.15, -0.1) is 0 Å². The number of halogens is 24. The van der Waals surface area contributed by atoms with Crippen LogP contribution >= 0.6 is 0 Å². The van der Waals surface area contributed by atoms with E-state index >= 15 is 0 Å². The minimum atomic E-state index is -9.85. The minimum Gasteiger partial charge on any atom is -0.216 e. The van der Waals surface area contributed by atoms with Gasteiger partial charge in [0.15, 0.2) is 5.83 Å². The smallest absolute Gasteiger partial charge is 0.216 e. The lowest BCUT2D eigenvalue weighted by Crippen LogP contribution is -2.79. The highest BCUT2D eigenvalue weighted by atomic mass is 19.4. The molecule has 0 amide bonds. The molecule has 1 aliphatic carbocycles. The van der Waals surface area contributed by atoms with Crippen LogP contribution in [-0.2, 0) is 0 Å². The van der Waals surface area contributed by atoms with Crippen molar-refractivity contribution < 1.29 is 105 Å². The van der Waals surface area contributed by atoms with Crippen LogP contribution in [0.2, 0.25) is 0 Å². The summed E-state index contributed by atoms with van der Waals surface area (Å²) < 4.78 is 320. The molecule has 0 bridgehead atoms. The molecule has 0 unspecified atom stereocenters. The van der Waals surface area contributed by atoms with Gasteiger partial charge in [-0.3, -0.25) is 0 Å². The molecule has 0 saturated heterocycles. The van der Waals surface area contributed by atoms with Crippen LogP contribution in [-0.4, -0.2) is 60.0 Å². The third-order valence-corrected chi connectivity index (χ3v) is 4.90. The molecule has 0 nitrogen and oxygen atoms in total. The molecule has 24 heteroatoms. The summed E-state index contributed by atoms with van der Waals surface area (Å²) in [5.41, 5.74) is -25.6. The van der Waals surface area contributed by atoms with Crippen LogP contribution < -0.4 is 0 Å². The standard InChI is InChI=1S/C13F24/c14-2-1(4(15,16)8(22,23)9(24,25)5(2,17)18)3(10(26,27)28,11(29,30)31)7(20,21)6(19,12(32,33)34)13(35,36)37. The molecule has 0 aliphatic heterocycles. The van der Waals surface area contributed by atoms with Crippen molar-refractivity contribution in [2.24, 2.45) is 5.41 Å². The van der Waals surface area contributed by atoms with Crippen molar-refractivity contribution in [1.82, 2.24) is 0 Å². The molecular formula is C13F24. The van der Waals surface area contributed by atoms with E-state index in [2.05, 4.69) is 0 Å². The van der Waals surface area contributed by atoms with Gasteiger partial charge in [-0.2, -0.15) is 87.8 Å². The molecule has 0 radical (unpaired) electrons. The first kappa shape index (κ1) is 33.1. The van der Waals surface area contributed by atoms with Crippen molar-refractivity contribution in [3.63, 3.8) is 0 Å². The van der Waals surface area contributed by atoms with E-state index in [1.165, 1.54) is 0 Å². The Bertz CT molecular complexity index is 902. The van der Waals surface area contributed by atoms with Crippen molar-refractivity contribution in [3.8, 4) is 0 Å². The van der Waals surface area contributed by atoms with E-state index in [1.807, 2.05) is 0 Å². The van der Waals surface area contributed by atoms with Crippen molar-refractivity contribution >= 4 is 0 Å². The molecule has 0 saturated carbocycles. The SMILES string of the molecule is FC1=C(C(C(F)(F)F)(C(F)(F)F)C(F)(F)C(F)(C(F)(F)F)C(F)(F)F)C(F)(F)C(F)(F)C(F)(F)C1(F)F. The summed E-state index contributed by atoms with van der Waals surface area (Å²) in [6, 6.07) is 0. The van der Waals surface area contributed by atoms with Gasteiger partial charge >= 0.3 is 60.0 Å². The summed E-state index contributed by atoms with van der Waals surface area (Å²) in [6.07, 6.45) is -36.1. The number of allylic oxidation sites excluding steroid dienone is 2. The largest absolute Gasteiger partial charge is 0.437 e. The lowest BCUT2D eigenvalue weighted by atomic mass is 9.61. The van der Waals surface area contributed by atoms with E-state index in [-0.39, 0.29) is 0 Å². The van der Waals surface area contributed by atoms with Gasteiger partial charge in [0.25, 0.3) is 5.41 Å². The van der Waals surface area contributed by atoms with Crippen molar-refractivity contribution in [2.45, 2.75) is 60.0 Å². The van der Waals surface area contributed by atoms with Gasteiger partial charge in [0.1, 0.15) is 0 Å². The van der Waals surface area contributed by atoms with E-state index in [9.17, 15) is 105 Å². The van der Waals surface area contributed by atoms with Crippen LogP contribution in [0, 0.1) is 5.41 Å². The molecule has 0 aromatic rings. The summed E-state index contributed by atoms with van der Waals surface area (Å²) in [6.45, 7) is 0. The van der Waals surface area contributed by atoms with Crippen molar-refractivity contribution in [1.29, 1.82) is 0 Å². The van der Waals surface area contributed by atoms with Gasteiger partial charge in [-0.05, 0) is 0 Å². The van der Waals surface area contributed by atoms with Crippen LogP contribution in [0.1, 0.15) is 0 Å². The van der Waals surface area contributed by atoms with Crippen LogP contribution in [0.4, 0.5) is 105 Å². The van der Waals surface area contributed by atoms with Gasteiger partial charge in [0, 0.05) is 0 Å². The van der Waals surface area contributed by atoms with E-state index in [4.69, 9.17) is 0 Å². The first-order chi connectivity index (χ1) is 15.5. The predicted molar refractivity (Wildman–Crippen MR) is 63.4 cm³/mol. The molecule has 1 rings (SSSR count). The fourth-order valence-corrected chi connectivity index (χ4v) is 3.12. The van der Waals surface area contributed by atoms with Gasteiger partial charge < -0.3 is 0 Å². The van der Waals surface area contributed by atoms with E-state index in [1.54, 1.807) is 0 Å². The zero-order valence-electron chi connectivity index (χ0n) is 15.6. The molecule has 0 aromatic carbocycles. The monoisotopic (exact) mass is 612 g/mol. The molecule has 0 fully saturated rings. The zero-order chi connectivity index (χ0) is 30.7. The highest BCUT2D eigenvalue weighted by Gasteiger charge is 3.01. The minimum absolute atomic E-state index is 6.01. The maximum absolute atomic E-state index is 14.3. The lowest BCUT2D eigenvalue weighted by Gasteiger charge is -2.52. The Balaban J connectivity index is 4.84. The molecular weight excluding hydrogens is 612 g/mol. The summed E-state index contributed by atoms with van der Waals surface area (Å²) in [4.78, 5) is 0. The van der Waals surface area contributed by atoms with E-state index < -0.39 is 76.8 Å². The Labute approximate surface area is 183 Å². The van der Waals surface area contributed by atoms with Crippen molar-refractivity contribution in [2.75, 3.05) is 0 Å². The molecule has 0 N–H and O–H groups in total. The summed E-state index contributed by atoms with van der Waals surface area (Å²) in [7, 11) is 0. The van der Waals surface area contributed by atoms with Gasteiger partial charge in [0.2, 0.25) is 0 Å². The Kier molecular flexibility index (Phi) is 6.78. The first-order valence-corrected chi connectivity index (χ1v) is 7.79. The Hall–Kier alpha value is -1.94. The summed E-state index contributed by atoms with van der Waals surface area (Å²) in [5.74, 6) is -49.5. The summed E-state index contributed by atoms with van der Waals surface area (Å²) >= 11 is 0. The number of hydrogen-bond donors (Lipinski definition) is 0. The van der Waals surface area contributed by atoms with Gasteiger partial charge in [0.05, 0.1) is 5.57 Å². The fraction of sp³-hybridized carbons (Fsp3) is 0.846. The highest BCUT2D eigenvalue weighted by Crippen LogP contribution is 2.76. The molecule has 0 heterocycles. The van der Waals surface area contributed by atoms with E-state index in [0.717, 1.165) is 0 Å². The maximum Gasteiger partial charge on any atom is 0.437 e. The third-order valence-electron chi connectivity index (χ3n) is 4.90.